The predicted octanol–water partition coefficient (Wildman–Crippen LogP) is 1.54. The van der Waals surface area contributed by atoms with E-state index < -0.39 is 0 Å². The van der Waals surface area contributed by atoms with E-state index in [0.29, 0.717) is 0 Å². The van der Waals surface area contributed by atoms with Gasteiger partial charge in [0.2, 0.25) is 0 Å². The Morgan fingerprint density at radius 1 is 1.47 bits per heavy atom. The van der Waals surface area contributed by atoms with E-state index in [1.807, 2.05) is 25.1 Å². The van der Waals surface area contributed by atoms with E-state index >= 15 is 0 Å². The van der Waals surface area contributed by atoms with Crippen molar-refractivity contribution in [1.29, 1.82) is 0 Å². The quantitative estimate of drug-likeness (QED) is 0.586. The summed E-state index contributed by atoms with van der Waals surface area (Å²) in [5, 5.41) is 0. The maximum Gasteiger partial charge on any atom is 0.101 e. The minimum Gasteiger partial charge on any atom is -0.469 e. The molecule has 2 rings (SSSR count). The maximum absolute atomic E-state index is 5.53. The molecule has 2 aromatic rings. The second-order valence-corrected chi connectivity index (χ2v) is 3.38. The van der Waals surface area contributed by atoms with Crippen LogP contribution < -0.4 is 11.3 Å². The van der Waals surface area contributed by atoms with Crippen molar-refractivity contribution in [3.8, 4) is 0 Å². The van der Waals surface area contributed by atoms with Crippen molar-refractivity contribution >= 4 is 0 Å². The van der Waals surface area contributed by atoms with Gasteiger partial charge in [-0.15, -0.1) is 0 Å². The third-order valence-corrected chi connectivity index (χ3v) is 2.27. The first-order chi connectivity index (χ1) is 7.31. The summed E-state index contributed by atoms with van der Waals surface area (Å²) >= 11 is 0. The van der Waals surface area contributed by atoms with Crippen LogP contribution in [-0.2, 0) is 0 Å². The molecule has 0 saturated carbocycles. The van der Waals surface area contributed by atoms with Gasteiger partial charge in [0.1, 0.15) is 5.76 Å². The van der Waals surface area contributed by atoms with Crippen LogP contribution in [0.3, 0.4) is 0 Å². The summed E-state index contributed by atoms with van der Waals surface area (Å²) in [5.74, 6) is 6.40. The van der Waals surface area contributed by atoms with Gasteiger partial charge in [-0.05, 0) is 24.6 Å². The molecule has 2 heterocycles. The van der Waals surface area contributed by atoms with Crippen LogP contribution in [0.2, 0.25) is 0 Å². The first-order valence-corrected chi connectivity index (χ1v) is 4.72. The van der Waals surface area contributed by atoms with Gasteiger partial charge in [-0.25, -0.2) is 5.43 Å². The molecule has 1 atom stereocenters. The van der Waals surface area contributed by atoms with Crippen LogP contribution in [0.25, 0.3) is 0 Å². The van der Waals surface area contributed by atoms with Gasteiger partial charge in [0, 0.05) is 18.0 Å². The lowest BCUT2D eigenvalue weighted by Gasteiger charge is -2.13. The lowest BCUT2D eigenvalue weighted by atomic mass is 10.0. The van der Waals surface area contributed by atoms with Crippen molar-refractivity contribution in [1.82, 2.24) is 10.4 Å². The smallest absolute Gasteiger partial charge is 0.101 e. The first-order valence-electron chi connectivity index (χ1n) is 4.72. The Bertz CT molecular complexity index is 424. The Morgan fingerprint density at radius 3 is 2.87 bits per heavy atom. The van der Waals surface area contributed by atoms with Gasteiger partial charge >= 0.3 is 0 Å². The average Bonchev–Trinajstić information content (AvgIpc) is 2.68. The molecule has 0 aromatic carbocycles. The van der Waals surface area contributed by atoms with Gasteiger partial charge in [-0.2, -0.15) is 0 Å². The highest BCUT2D eigenvalue weighted by molar-refractivity contribution is 5.28. The van der Waals surface area contributed by atoms with E-state index in [1.165, 1.54) is 0 Å². The second-order valence-electron chi connectivity index (χ2n) is 3.38. The van der Waals surface area contributed by atoms with E-state index in [4.69, 9.17) is 10.3 Å². The van der Waals surface area contributed by atoms with E-state index in [2.05, 4.69) is 10.4 Å². The maximum atomic E-state index is 5.53. The molecule has 1 unspecified atom stereocenters. The monoisotopic (exact) mass is 203 g/mol. The van der Waals surface area contributed by atoms with Crippen molar-refractivity contribution in [2.24, 2.45) is 5.84 Å². The molecule has 4 nitrogen and oxygen atoms in total. The fraction of sp³-hybridized carbons (Fsp3) is 0.182. The summed E-state index contributed by atoms with van der Waals surface area (Å²) in [6, 6.07) is 5.74. The molecule has 0 amide bonds. The van der Waals surface area contributed by atoms with Crippen LogP contribution in [0.1, 0.15) is 22.9 Å². The zero-order valence-corrected chi connectivity index (χ0v) is 8.47. The van der Waals surface area contributed by atoms with Gasteiger partial charge < -0.3 is 4.42 Å². The molecular weight excluding hydrogens is 190 g/mol. The van der Waals surface area contributed by atoms with Crippen molar-refractivity contribution in [3.05, 3.63) is 53.7 Å². The highest BCUT2D eigenvalue weighted by Crippen LogP contribution is 2.22. The molecule has 2 aromatic heterocycles. The van der Waals surface area contributed by atoms with E-state index in [-0.39, 0.29) is 6.04 Å². The lowest BCUT2D eigenvalue weighted by Crippen LogP contribution is -2.28. The molecule has 0 bridgehead atoms. The van der Waals surface area contributed by atoms with Crippen molar-refractivity contribution in [2.75, 3.05) is 0 Å². The van der Waals surface area contributed by atoms with E-state index in [1.54, 1.807) is 18.7 Å². The Balaban J connectivity index is 2.33. The van der Waals surface area contributed by atoms with Gasteiger partial charge in [0.15, 0.2) is 0 Å². The van der Waals surface area contributed by atoms with Crippen LogP contribution in [0.15, 0.2) is 41.3 Å². The van der Waals surface area contributed by atoms with Crippen LogP contribution in [0.4, 0.5) is 0 Å². The highest BCUT2D eigenvalue weighted by atomic mass is 16.3. The molecule has 0 aliphatic heterocycles. The van der Waals surface area contributed by atoms with Gasteiger partial charge in [0.05, 0.1) is 12.3 Å². The fourth-order valence-corrected chi connectivity index (χ4v) is 1.55. The number of aryl methyl sites for hydroxylation is 1. The molecule has 3 N–H and O–H groups in total. The number of hydrogen-bond donors (Lipinski definition) is 2. The minimum absolute atomic E-state index is 0.0730. The third kappa shape index (κ3) is 2.06. The molecule has 0 spiro atoms. The van der Waals surface area contributed by atoms with Crippen molar-refractivity contribution in [2.45, 2.75) is 13.0 Å². The Kier molecular flexibility index (Phi) is 2.80. The molecule has 0 fully saturated rings. The molecule has 0 aliphatic rings. The van der Waals surface area contributed by atoms with Gasteiger partial charge in [0.25, 0.3) is 0 Å². The topological polar surface area (TPSA) is 64.1 Å². The lowest BCUT2D eigenvalue weighted by molar-refractivity contribution is 0.525. The molecule has 0 saturated heterocycles. The number of aromatic nitrogens is 1. The van der Waals surface area contributed by atoms with Crippen LogP contribution in [-0.4, -0.2) is 4.98 Å². The highest BCUT2D eigenvalue weighted by Gasteiger charge is 2.14. The minimum atomic E-state index is -0.0730. The third-order valence-electron chi connectivity index (χ3n) is 2.27. The number of nitrogens with two attached hydrogens (primary N) is 1. The number of furan rings is 1. The summed E-state index contributed by atoms with van der Waals surface area (Å²) < 4.78 is 5.25. The molecule has 15 heavy (non-hydrogen) atoms. The van der Waals surface area contributed by atoms with Gasteiger partial charge in [-0.1, -0.05) is 6.07 Å². The second kappa shape index (κ2) is 4.25. The average molecular weight is 203 g/mol. The summed E-state index contributed by atoms with van der Waals surface area (Å²) in [4.78, 5) is 4.06. The Morgan fingerprint density at radius 2 is 2.33 bits per heavy atom. The number of hydrazine groups is 1. The summed E-state index contributed by atoms with van der Waals surface area (Å²) in [7, 11) is 0. The molecule has 78 valence electrons. The molecular formula is C11H13N3O. The van der Waals surface area contributed by atoms with Gasteiger partial charge in [-0.3, -0.25) is 10.8 Å². The van der Waals surface area contributed by atoms with Crippen LogP contribution >= 0.6 is 0 Å². The number of nitrogens with one attached hydrogen (secondary N) is 1. The number of nitrogens with zero attached hydrogens (tertiary/aromatic N) is 1. The normalized spacial score (nSPS) is 12.7. The number of pyridine rings is 1. The largest absolute Gasteiger partial charge is 0.469 e. The Hall–Kier alpha value is -1.65. The predicted molar refractivity (Wildman–Crippen MR) is 56.8 cm³/mol. The van der Waals surface area contributed by atoms with E-state index in [0.717, 1.165) is 16.9 Å². The fourth-order valence-electron chi connectivity index (χ4n) is 1.55. The van der Waals surface area contributed by atoms with E-state index in [9.17, 15) is 0 Å². The van der Waals surface area contributed by atoms with Crippen molar-refractivity contribution in [3.63, 3.8) is 0 Å². The van der Waals surface area contributed by atoms with Crippen LogP contribution in [0, 0.1) is 6.92 Å². The summed E-state index contributed by atoms with van der Waals surface area (Å²) in [6.45, 7) is 1.90. The number of hydrogen-bond acceptors (Lipinski definition) is 4. The zero-order valence-electron chi connectivity index (χ0n) is 8.47. The SMILES string of the molecule is Cc1cc(C(NN)c2cccnc2)co1. The Labute approximate surface area is 88.1 Å². The summed E-state index contributed by atoms with van der Waals surface area (Å²) in [6.07, 6.45) is 5.22. The van der Waals surface area contributed by atoms with Crippen molar-refractivity contribution < 1.29 is 4.42 Å². The number of rotatable bonds is 3. The first kappa shape index (κ1) is 9.89. The summed E-state index contributed by atoms with van der Waals surface area (Å²) in [5.41, 5.74) is 4.77. The zero-order chi connectivity index (χ0) is 10.7. The van der Waals surface area contributed by atoms with Crippen LogP contribution in [0.5, 0.6) is 0 Å². The standard InChI is InChI=1S/C11H13N3O/c1-8-5-10(7-15-8)11(14-12)9-3-2-4-13-6-9/h2-7,11,14H,12H2,1H3. The molecule has 0 aliphatic carbocycles. The molecule has 4 heteroatoms. The molecule has 0 radical (unpaired) electrons.